The summed E-state index contributed by atoms with van der Waals surface area (Å²) in [6.45, 7) is 9.32. The Kier molecular flexibility index (Phi) is 6.82. The standard InChI is InChI=1S/C19H29N3O2.CH4/c1-3-19(4-2)15-16(24-18(19)23)8-10-21-11-13-22(14-12-21)17-7-5-6-9-20-17;/h5-7,9,16H,3-4,8,10-15H2,1-2H3;1H4. The molecule has 1 atom stereocenters. The number of hydrogen-bond donors (Lipinski definition) is 0. The van der Waals surface area contributed by atoms with Crippen LogP contribution < -0.4 is 4.90 Å². The van der Waals surface area contributed by atoms with Crippen LogP contribution in [0.2, 0.25) is 0 Å². The number of rotatable bonds is 6. The highest BCUT2D eigenvalue weighted by molar-refractivity contribution is 5.78. The Labute approximate surface area is 152 Å². The van der Waals surface area contributed by atoms with Crippen molar-refractivity contribution in [2.75, 3.05) is 37.6 Å². The van der Waals surface area contributed by atoms with E-state index < -0.39 is 0 Å². The zero-order valence-corrected chi connectivity index (χ0v) is 14.9. The monoisotopic (exact) mass is 347 g/mol. The van der Waals surface area contributed by atoms with Crippen LogP contribution in [-0.4, -0.2) is 54.7 Å². The fourth-order valence-electron chi connectivity index (χ4n) is 3.89. The number of ether oxygens (including phenoxy) is 1. The van der Waals surface area contributed by atoms with Gasteiger partial charge >= 0.3 is 5.97 Å². The smallest absolute Gasteiger partial charge is 0.312 e. The number of pyridine rings is 1. The lowest BCUT2D eigenvalue weighted by molar-refractivity contribution is -0.149. The second-order valence-corrected chi connectivity index (χ2v) is 7.02. The minimum absolute atomic E-state index is 0. The molecule has 3 rings (SSSR count). The zero-order valence-electron chi connectivity index (χ0n) is 14.9. The summed E-state index contributed by atoms with van der Waals surface area (Å²) in [4.78, 5) is 21.4. The molecule has 0 radical (unpaired) electrons. The summed E-state index contributed by atoms with van der Waals surface area (Å²) in [7, 11) is 0. The van der Waals surface area contributed by atoms with E-state index >= 15 is 0 Å². The number of cyclic esters (lactones) is 1. The molecule has 1 aromatic heterocycles. The molecule has 2 saturated heterocycles. The van der Waals surface area contributed by atoms with Gasteiger partial charge in [-0.1, -0.05) is 27.3 Å². The van der Waals surface area contributed by atoms with Crippen LogP contribution in [-0.2, 0) is 9.53 Å². The maximum Gasteiger partial charge on any atom is 0.312 e. The Balaban J connectivity index is 0.00000225. The Morgan fingerprint density at radius 1 is 1.20 bits per heavy atom. The van der Waals surface area contributed by atoms with E-state index in [9.17, 15) is 4.79 Å². The van der Waals surface area contributed by atoms with Crippen LogP contribution in [0, 0.1) is 5.41 Å². The fourth-order valence-corrected chi connectivity index (χ4v) is 3.89. The third-order valence-corrected chi connectivity index (χ3v) is 5.79. The molecule has 2 fully saturated rings. The largest absolute Gasteiger partial charge is 0.462 e. The van der Waals surface area contributed by atoms with Crippen molar-refractivity contribution < 1.29 is 9.53 Å². The van der Waals surface area contributed by atoms with Crippen molar-refractivity contribution >= 4 is 11.8 Å². The molecule has 0 saturated carbocycles. The Bertz CT molecular complexity index is 537. The number of anilines is 1. The molecule has 0 bridgehead atoms. The fraction of sp³-hybridized carbons (Fsp3) is 0.700. The minimum atomic E-state index is -0.220. The average Bonchev–Trinajstić information content (AvgIpc) is 2.97. The number of piperazine rings is 1. The van der Waals surface area contributed by atoms with Gasteiger partial charge in [0.2, 0.25) is 0 Å². The predicted octanol–water partition coefficient (Wildman–Crippen LogP) is 3.35. The van der Waals surface area contributed by atoms with E-state index in [1.807, 2.05) is 18.3 Å². The van der Waals surface area contributed by atoms with E-state index in [-0.39, 0.29) is 24.9 Å². The van der Waals surface area contributed by atoms with Gasteiger partial charge < -0.3 is 9.64 Å². The van der Waals surface area contributed by atoms with Gasteiger partial charge in [0, 0.05) is 45.3 Å². The summed E-state index contributed by atoms with van der Waals surface area (Å²) in [6, 6.07) is 6.06. The number of nitrogens with zero attached hydrogens (tertiary/aromatic N) is 3. The molecule has 0 amide bonds. The van der Waals surface area contributed by atoms with Crippen molar-refractivity contribution in [2.24, 2.45) is 5.41 Å². The van der Waals surface area contributed by atoms with Crippen molar-refractivity contribution in [1.82, 2.24) is 9.88 Å². The molecule has 25 heavy (non-hydrogen) atoms. The van der Waals surface area contributed by atoms with E-state index in [0.29, 0.717) is 0 Å². The van der Waals surface area contributed by atoms with Gasteiger partial charge in [0.25, 0.3) is 0 Å². The number of esters is 1. The lowest BCUT2D eigenvalue weighted by atomic mass is 9.79. The Morgan fingerprint density at radius 3 is 2.48 bits per heavy atom. The molecule has 0 spiro atoms. The van der Waals surface area contributed by atoms with Gasteiger partial charge in [0.1, 0.15) is 11.9 Å². The third kappa shape index (κ3) is 4.32. The number of aromatic nitrogens is 1. The predicted molar refractivity (Wildman–Crippen MR) is 102 cm³/mol. The van der Waals surface area contributed by atoms with E-state index in [2.05, 4.69) is 34.7 Å². The van der Waals surface area contributed by atoms with Crippen molar-refractivity contribution in [1.29, 1.82) is 0 Å². The molecule has 1 unspecified atom stereocenters. The summed E-state index contributed by atoms with van der Waals surface area (Å²) in [5.74, 6) is 1.09. The second kappa shape index (κ2) is 8.65. The highest BCUT2D eigenvalue weighted by Crippen LogP contribution is 2.41. The van der Waals surface area contributed by atoms with Crippen LogP contribution in [0.5, 0.6) is 0 Å². The van der Waals surface area contributed by atoms with Gasteiger partial charge in [-0.3, -0.25) is 9.69 Å². The molecule has 0 N–H and O–H groups in total. The lowest BCUT2D eigenvalue weighted by Crippen LogP contribution is -2.47. The van der Waals surface area contributed by atoms with Crippen LogP contribution >= 0.6 is 0 Å². The molecule has 0 aromatic carbocycles. The van der Waals surface area contributed by atoms with Crippen LogP contribution in [0.3, 0.4) is 0 Å². The molecule has 2 aliphatic heterocycles. The van der Waals surface area contributed by atoms with Crippen molar-refractivity contribution in [3.05, 3.63) is 24.4 Å². The topological polar surface area (TPSA) is 45.7 Å². The number of carbonyl (C=O) groups excluding carboxylic acids is 1. The first-order valence-corrected chi connectivity index (χ1v) is 9.26. The molecule has 0 aliphatic carbocycles. The minimum Gasteiger partial charge on any atom is -0.462 e. The van der Waals surface area contributed by atoms with Crippen LogP contribution in [0.15, 0.2) is 24.4 Å². The van der Waals surface area contributed by atoms with Gasteiger partial charge in [0.15, 0.2) is 0 Å². The summed E-state index contributed by atoms with van der Waals surface area (Å²) in [5.41, 5.74) is -0.220. The highest BCUT2D eigenvalue weighted by atomic mass is 16.6. The quantitative estimate of drug-likeness (QED) is 0.739. The number of carbonyl (C=O) groups is 1. The first kappa shape index (κ1) is 19.7. The van der Waals surface area contributed by atoms with E-state index in [1.165, 1.54) is 0 Å². The molecular formula is C20H33N3O2. The normalized spacial score (nSPS) is 23.2. The summed E-state index contributed by atoms with van der Waals surface area (Å²) in [6.07, 6.45) is 5.59. The molecule has 140 valence electrons. The summed E-state index contributed by atoms with van der Waals surface area (Å²) in [5, 5.41) is 0. The van der Waals surface area contributed by atoms with E-state index in [0.717, 1.165) is 64.2 Å². The molecule has 5 nitrogen and oxygen atoms in total. The Hall–Kier alpha value is -1.62. The summed E-state index contributed by atoms with van der Waals surface area (Å²) < 4.78 is 5.65. The van der Waals surface area contributed by atoms with Crippen molar-refractivity contribution in [2.45, 2.75) is 53.1 Å². The first-order valence-electron chi connectivity index (χ1n) is 9.26. The lowest BCUT2D eigenvalue weighted by Gasteiger charge is -2.35. The maximum atomic E-state index is 12.2. The van der Waals surface area contributed by atoms with Gasteiger partial charge in [-0.15, -0.1) is 0 Å². The van der Waals surface area contributed by atoms with Gasteiger partial charge in [0.05, 0.1) is 5.41 Å². The van der Waals surface area contributed by atoms with Crippen molar-refractivity contribution in [3.8, 4) is 0 Å². The molecule has 5 heteroatoms. The van der Waals surface area contributed by atoms with E-state index in [1.54, 1.807) is 0 Å². The zero-order chi connectivity index (χ0) is 17.0. The first-order chi connectivity index (χ1) is 11.7. The molecule has 3 heterocycles. The van der Waals surface area contributed by atoms with Gasteiger partial charge in [-0.2, -0.15) is 0 Å². The molecular weight excluding hydrogens is 314 g/mol. The number of hydrogen-bond acceptors (Lipinski definition) is 5. The average molecular weight is 348 g/mol. The SMILES string of the molecule is C.CCC1(CC)CC(CCN2CCN(c3ccccn3)CC2)OC1=O. The van der Waals surface area contributed by atoms with E-state index in [4.69, 9.17) is 4.74 Å². The third-order valence-electron chi connectivity index (χ3n) is 5.79. The van der Waals surface area contributed by atoms with Gasteiger partial charge in [-0.05, 0) is 31.4 Å². The van der Waals surface area contributed by atoms with Crippen LogP contribution in [0.25, 0.3) is 0 Å². The summed E-state index contributed by atoms with van der Waals surface area (Å²) >= 11 is 0. The second-order valence-electron chi connectivity index (χ2n) is 7.02. The molecule has 2 aliphatic rings. The van der Waals surface area contributed by atoms with Gasteiger partial charge in [-0.25, -0.2) is 4.98 Å². The van der Waals surface area contributed by atoms with Crippen LogP contribution in [0.1, 0.15) is 47.0 Å². The maximum absolute atomic E-state index is 12.2. The Morgan fingerprint density at radius 2 is 1.92 bits per heavy atom. The van der Waals surface area contributed by atoms with Crippen molar-refractivity contribution in [3.63, 3.8) is 0 Å². The molecule has 1 aromatic rings. The highest BCUT2D eigenvalue weighted by Gasteiger charge is 2.46. The van der Waals surface area contributed by atoms with Crippen LogP contribution in [0.4, 0.5) is 5.82 Å².